The molecule has 1 aromatic carbocycles. The van der Waals surface area contributed by atoms with Gasteiger partial charge in [0.05, 0.1) is 12.0 Å². The van der Waals surface area contributed by atoms with E-state index in [9.17, 15) is 9.18 Å². The largest absolute Gasteiger partial charge is 0.466 e. The first-order valence-corrected chi connectivity index (χ1v) is 9.18. The van der Waals surface area contributed by atoms with Crippen LogP contribution in [0.5, 0.6) is 0 Å². The van der Waals surface area contributed by atoms with E-state index in [1.807, 2.05) is 6.92 Å². The van der Waals surface area contributed by atoms with Crippen molar-refractivity contribution in [1.82, 2.24) is 10.1 Å². The number of nitrogens with zero attached hydrogens (tertiary/aromatic N) is 2. The molecule has 6 heteroatoms. The molecule has 2 aromatic rings. The SMILES string of the molecule is CCOC(=O)C1(Cc2cc(-c3ccccc3F)no2)CCN(CC)CC1. The van der Waals surface area contributed by atoms with Crippen molar-refractivity contribution >= 4 is 5.97 Å². The van der Waals surface area contributed by atoms with Gasteiger partial charge < -0.3 is 14.2 Å². The average molecular weight is 360 g/mol. The van der Waals surface area contributed by atoms with Crippen molar-refractivity contribution in [3.8, 4) is 11.3 Å². The van der Waals surface area contributed by atoms with Crippen LogP contribution in [0, 0.1) is 11.2 Å². The third-order valence-corrected chi connectivity index (χ3v) is 5.19. The summed E-state index contributed by atoms with van der Waals surface area (Å²) in [5, 5.41) is 4.00. The molecular formula is C20H25FN2O3. The van der Waals surface area contributed by atoms with Crippen LogP contribution in [-0.2, 0) is 16.0 Å². The highest BCUT2D eigenvalue weighted by Gasteiger charge is 2.43. The quantitative estimate of drug-likeness (QED) is 0.736. The fourth-order valence-corrected chi connectivity index (χ4v) is 3.56. The molecule has 0 N–H and O–H groups in total. The first-order chi connectivity index (χ1) is 12.6. The lowest BCUT2D eigenvalue weighted by Gasteiger charge is -2.39. The Balaban J connectivity index is 1.82. The number of hydrogen-bond acceptors (Lipinski definition) is 5. The van der Waals surface area contributed by atoms with Crippen LogP contribution in [0.2, 0.25) is 0 Å². The number of halogens is 1. The number of likely N-dealkylation sites (tertiary alicyclic amines) is 1. The number of benzene rings is 1. The molecule has 1 fully saturated rings. The van der Waals surface area contributed by atoms with Gasteiger partial charge in [-0.3, -0.25) is 4.79 Å². The van der Waals surface area contributed by atoms with Crippen LogP contribution < -0.4 is 0 Å². The molecule has 0 unspecified atom stereocenters. The third kappa shape index (κ3) is 3.80. The summed E-state index contributed by atoms with van der Waals surface area (Å²) in [4.78, 5) is 15.0. The van der Waals surface area contributed by atoms with Crippen molar-refractivity contribution in [2.45, 2.75) is 33.1 Å². The van der Waals surface area contributed by atoms with Crippen LogP contribution >= 0.6 is 0 Å². The average Bonchev–Trinajstić information content (AvgIpc) is 3.11. The Morgan fingerprint density at radius 2 is 2.04 bits per heavy atom. The monoisotopic (exact) mass is 360 g/mol. The van der Waals surface area contributed by atoms with Gasteiger partial charge in [-0.25, -0.2) is 4.39 Å². The molecule has 26 heavy (non-hydrogen) atoms. The molecule has 0 bridgehead atoms. The van der Waals surface area contributed by atoms with Gasteiger partial charge >= 0.3 is 5.97 Å². The van der Waals surface area contributed by atoms with Crippen molar-refractivity contribution in [2.24, 2.45) is 5.41 Å². The number of hydrogen-bond donors (Lipinski definition) is 0. The first kappa shape index (κ1) is 18.6. The molecule has 3 rings (SSSR count). The van der Waals surface area contributed by atoms with Gasteiger partial charge in [0.15, 0.2) is 0 Å². The van der Waals surface area contributed by atoms with Gasteiger partial charge in [-0.15, -0.1) is 0 Å². The number of rotatable bonds is 6. The fraction of sp³-hybridized carbons (Fsp3) is 0.500. The Hall–Kier alpha value is -2.21. The molecule has 1 aliphatic rings. The highest BCUT2D eigenvalue weighted by molar-refractivity contribution is 5.77. The predicted octanol–water partition coefficient (Wildman–Crippen LogP) is 3.69. The summed E-state index contributed by atoms with van der Waals surface area (Å²) in [7, 11) is 0. The molecule has 0 radical (unpaired) electrons. The van der Waals surface area contributed by atoms with Crippen LogP contribution in [0.1, 0.15) is 32.4 Å². The van der Waals surface area contributed by atoms with Gasteiger partial charge in [-0.2, -0.15) is 0 Å². The zero-order chi connectivity index (χ0) is 18.6. The predicted molar refractivity (Wildman–Crippen MR) is 96.0 cm³/mol. The molecule has 0 aliphatic carbocycles. The van der Waals surface area contributed by atoms with Gasteiger partial charge in [0, 0.05) is 18.1 Å². The van der Waals surface area contributed by atoms with Gasteiger partial charge in [-0.1, -0.05) is 24.2 Å². The summed E-state index contributed by atoms with van der Waals surface area (Å²) in [5.41, 5.74) is 0.241. The van der Waals surface area contributed by atoms with Crippen LogP contribution in [0.15, 0.2) is 34.9 Å². The minimum atomic E-state index is -0.603. The van der Waals surface area contributed by atoms with Gasteiger partial charge in [-0.05, 0) is 51.5 Å². The maximum Gasteiger partial charge on any atom is 0.312 e. The van der Waals surface area contributed by atoms with E-state index in [-0.39, 0.29) is 11.8 Å². The minimum Gasteiger partial charge on any atom is -0.466 e. The molecular weight excluding hydrogens is 335 g/mol. The van der Waals surface area contributed by atoms with E-state index in [0.29, 0.717) is 30.0 Å². The maximum absolute atomic E-state index is 14.0. The van der Waals surface area contributed by atoms with Gasteiger partial charge in [0.1, 0.15) is 17.3 Å². The van der Waals surface area contributed by atoms with E-state index in [0.717, 1.165) is 32.5 Å². The third-order valence-electron chi connectivity index (χ3n) is 5.19. The summed E-state index contributed by atoms with van der Waals surface area (Å²) in [6.07, 6.45) is 1.86. The summed E-state index contributed by atoms with van der Waals surface area (Å²) < 4.78 is 24.8. The molecule has 0 amide bonds. The Labute approximate surface area is 153 Å². The summed E-state index contributed by atoms with van der Waals surface area (Å²) in [6, 6.07) is 8.18. The topological polar surface area (TPSA) is 55.6 Å². The normalized spacial score (nSPS) is 17.2. The summed E-state index contributed by atoms with van der Waals surface area (Å²) in [5.74, 6) is 0.0598. The Morgan fingerprint density at radius 1 is 1.31 bits per heavy atom. The fourth-order valence-electron chi connectivity index (χ4n) is 3.56. The maximum atomic E-state index is 14.0. The molecule has 1 saturated heterocycles. The van der Waals surface area contributed by atoms with E-state index in [2.05, 4.69) is 17.0 Å². The molecule has 1 aromatic heterocycles. The second-order valence-electron chi connectivity index (χ2n) is 6.77. The lowest BCUT2D eigenvalue weighted by molar-refractivity contribution is -0.159. The van der Waals surface area contributed by atoms with E-state index >= 15 is 0 Å². The van der Waals surface area contributed by atoms with Crippen molar-refractivity contribution in [3.63, 3.8) is 0 Å². The zero-order valence-electron chi connectivity index (χ0n) is 15.3. The lowest BCUT2D eigenvalue weighted by atomic mass is 9.75. The van der Waals surface area contributed by atoms with Gasteiger partial charge in [0.2, 0.25) is 0 Å². The molecule has 2 heterocycles. The Morgan fingerprint density at radius 3 is 2.69 bits per heavy atom. The zero-order valence-corrected chi connectivity index (χ0v) is 15.3. The Bertz CT molecular complexity index is 751. The smallest absolute Gasteiger partial charge is 0.312 e. The van der Waals surface area contributed by atoms with Crippen LogP contribution in [0.4, 0.5) is 4.39 Å². The van der Waals surface area contributed by atoms with Crippen molar-refractivity contribution in [3.05, 3.63) is 41.9 Å². The first-order valence-electron chi connectivity index (χ1n) is 9.18. The molecule has 0 atom stereocenters. The number of ether oxygens (including phenoxy) is 1. The summed E-state index contributed by atoms with van der Waals surface area (Å²) >= 11 is 0. The molecule has 0 spiro atoms. The van der Waals surface area contributed by atoms with Crippen LogP contribution in [0.3, 0.4) is 0 Å². The van der Waals surface area contributed by atoms with E-state index in [1.54, 1.807) is 24.3 Å². The molecule has 5 nitrogen and oxygen atoms in total. The molecule has 0 saturated carbocycles. The Kier molecular flexibility index (Phi) is 5.71. The standard InChI is InChI=1S/C20H25FN2O3/c1-3-23-11-9-20(10-12-23,19(24)25-4-2)14-15-13-18(22-26-15)16-7-5-6-8-17(16)21/h5-8,13H,3-4,9-12,14H2,1-2H3. The van der Waals surface area contributed by atoms with E-state index in [1.165, 1.54) is 6.07 Å². The van der Waals surface area contributed by atoms with Gasteiger partial charge in [0.25, 0.3) is 0 Å². The minimum absolute atomic E-state index is 0.181. The number of esters is 1. The molecule has 1 aliphatic heterocycles. The number of piperidine rings is 1. The van der Waals surface area contributed by atoms with Crippen molar-refractivity contribution in [2.75, 3.05) is 26.2 Å². The number of aromatic nitrogens is 1. The van der Waals surface area contributed by atoms with Crippen molar-refractivity contribution in [1.29, 1.82) is 0 Å². The second-order valence-corrected chi connectivity index (χ2v) is 6.77. The van der Waals surface area contributed by atoms with Crippen LogP contribution in [0.25, 0.3) is 11.3 Å². The highest BCUT2D eigenvalue weighted by atomic mass is 19.1. The van der Waals surface area contributed by atoms with E-state index in [4.69, 9.17) is 9.26 Å². The number of carbonyl (C=O) groups excluding carboxylic acids is 1. The molecule has 140 valence electrons. The number of carbonyl (C=O) groups is 1. The second kappa shape index (κ2) is 7.99. The van der Waals surface area contributed by atoms with E-state index < -0.39 is 5.41 Å². The van der Waals surface area contributed by atoms with Crippen LogP contribution in [-0.4, -0.2) is 42.3 Å². The van der Waals surface area contributed by atoms with Crippen molar-refractivity contribution < 1.29 is 18.4 Å². The summed E-state index contributed by atoms with van der Waals surface area (Å²) in [6.45, 7) is 6.97. The highest BCUT2D eigenvalue weighted by Crippen LogP contribution is 2.37. The lowest BCUT2D eigenvalue weighted by Crippen LogP contribution is -2.46.